The summed E-state index contributed by atoms with van der Waals surface area (Å²) in [6.07, 6.45) is 0.368. The van der Waals surface area contributed by atoms with Crippen molar-refractivity contribution in [2.75, 3.05) is 6.54 Å². The molecule has 0 heterocycles. The van der Waals surface area contributed by atoms with Gasteiger partial charge in [0, 0.05) is 13.3 Å². The fourth-order valence-corrected chi connectivity index (χ4v) is 0.723. The average Bonchev–Trinajstić information content (AvgIpc) is 1.59. The molecule has 4 N–H and O–H groups in total. The van der Waals surface area contributed by atoms with Gasteiger partial charge in [0.15, 0.2) is 0 Å². The van der Waals surface area contributed by atoms with Crippen molar-refractivity contribution in [1.82, 2.24) is 5.32 Å². The standard InChI is InChI=1S/C6H14N2O2/c1-5(9)8-6(2,10)3-4-7/h10H,3-4,7H2,1-2H3,(H,8,9). The van der Waals surface area contributed by atoms with Crippen molar-refractivity contribution in [1.29, 1.82) is 0 Å². The molecule has 1 amide bonds. The molecule has 0 aromatic heterocycles. The van der Waals surface area contributed by atoms with E-state index in [2.05, 4.69) is 5.32 Å². The van der Waals surface area contributed by atoms with Gasteiger partial charge in [-0.05, 0) is 13.5 Å². The third-order valence-corrected chi connectivity index (χ3v) is 1.08. The van der Waals surface area contributed by atoms with Crippen molar-refractivity contribution in [3.63, 3.8) is 0 Å². The molecule has 0 aliphatic carbocycles. The fraction of sp³-hybridized carbons (Fsp3) is 0.833. The minimum absolute atomic E-state index is 0.251. The van der Waals surface area contributed by atoms with Gasteiger partial charge in [0.25, 0.3) is 0 Å². The highest BCUT2D eigenvalue weighted by atomic mass is 16.3. The second-order valence-corrected chi connectivity index (χ2v) is 2.49. The second-order valence-electron chi connectivity index (χ2n) is 2.49. The lowest BCUT2D eigenvalue weighted by Crippen LogP contribution is -2.46. The molecule has 0 aliphatic heterocycles. The molecule has 0 rings (SSSR count). The average molecular weight is 146 g/mol. The summed E-state index contributed by atoms with van der Waals surface area (Å²) in [5, 5.41) is 11.6. The van der Waals surface area contributed by atoms with Crippen molar-refractivity contribution < 1.29 is 9.90 Å². The Balaban J connectivity index is 3.74. The van der Waals surface area contributed by atoms with E-state index in [1.807, 2.05) is 0 Å². The Bertz CT molecular complexity index is 123. The molecule has 10 heavy (non-hydrogen) atoms. The van der Waals surface area contributed by atoms with E-state index in [1.165, 1.54) is 13.8 Å². The number of carbonyl (C=O) groups is 1. The molecule has 4 nitrogen and oxygen atoms in total. The van der Waals surface area contributed by atoms with Gasteiger partial charge in [0.05, 0.1) is 0 Å². The normalized spacial score (nSPS) is 16.0. The summed E-state index contributed by atoms with van der Waals surface area (Å²) in [7, 11) is 0. The molecule has 0 aliphatic rings. The highest BCUT2D eigenvalue weighted by molar-refractivity contribution is 5.73. The highest BCUT2D eigenvalue weighted by Gasteiger charge is 2.18. The lowest BCUT2D eigenvalue weighted by molar-refractivity contribution is -0.125. The lowest BCUT2D eigenvalue weighted by atomic mass is 10.2. The maximum absolute atomic E-state index is 10.4. The van der Waals surface area contributed by atoms with E-state index < -0.39 is 5.72 Å². The van der Waals surface area contributed by atoms with Crippen LogP contribution in [-0.4, -0.2) is 23.3 Å². The molecule has 60 valence electrons. The SMILES string of the molecule is CC(=O)NC(C)(O)CCN. The second kappa shape index (κ2) is 3.53. The number of nitrogens with one attached hydrogen (secondary N) is 1. The van der Waals surface area contributed by atoms with Crippen molar-refractivity contribution in [3.05, 3.63) is 0 Å². The number of hydrogen-bond donors (Lipinski definition) is 3. The predicted molar refractivity (Wildman–Crippen MR) is 38.1 cm³/mol. The molecule has 0 radical (unpaired) electrons. The molecule has 0 aromatic carbocycles. The monoisotopic (exact) mass is 146 g/mol. The number of hydrogen-bond acceptors (Lipinski definition) is 3. The van der Waals surface area contributed by atoms with Gasteiger partial charge < -0.3 is 16.2 Å². The minimum Gasteiger partial charge on any atom is -0.371 e. The molecule has 1 atom stereocenters. The van der Waals surface area contributed by atoms with E-state index in [9.17, 15) is 9.90 Å². The largest absolute Gasteiger partial charge is 0.371 e. The highest BCUT2D eigenvalue weighted by Crippen LogP contribution is 2.01. The zero-order valence-corrected chi connectivity index (χ0v) is 6.35. The van der Waals surface area contributed by atoms with E-state index in [4.69, 9.17) is 5.73 Å². The number of carbonyl (C=O) groups excluding carboxylic acids is 1. The van der Waals surface area contributed by atoms with E-state index in [0.717, 1.165) is 0 Å². The molecule has 0 saturated carbocycles. The Morgan fingerprint density at radius 2 is 2.30 bits per heavy atom. The zero-order valence-electron chi connectivity index (χ0n) is 6.35. The third-order valence-electron chi connectivity index (χ3n) is 1.08. The minimum atomic E-state index is -1.15. The van der Waals surface area contributed by atoms with Gasteiger partial charge in [-0.1, -0.05) is 0 Å². The van der Waals surface area contributed by atoms with Crippen LogP contribution < -0.4 is 11.1 Å². The Kier molecular flexibility index (Phi) is 3.32. The maximum Gasteiger partial charge on any atom is 0.219 e. The van der Waals surface area contributed by atoms with Gasteiger partial charge >= 0.3 is 0 Å². The summed E-state index contributed by atoms with van der Waals surface area (Å²) in [5.41, 5.74) is 4.03. The van der Waals surface area contributed by atoms with Gasteiger partial charge in [-0.25, -0.2) is 0 Å². The Morgan fingerprint density at radius 1 is 1.80 bits per heavy atom. The summed E-state index contributed by atoms with van der Waals surface area (Å²) < 4.78 is 0. The number of aliphatic hydroxyl groups is 1. The van der Waals surface area contributed by atoms with Gasteiger partial charge in [-0.2, -0.15) is 0 Å². The number of amides is 1. The summed E-state index contributed by atoms with van der Waals surface area (Å²) >= 11 is 0. The van der Waals surface area contributed by atoms with Crippen molar-refractivity contribution in [2.24, 2.45) is 5.73 Å². The molecule has 0 spiro atoms. The van der Waals surface area contributed by atoms with Crippen LogP contribution in [0, 0.1) is 0 Å². The predicted octanol–water partition coefficient (Wildman–Crippen LogP) is -0.820. The van der Waals surface area contributed by atoms with Crippen LogP contribution in [-0.2, 0) is 4.79 Å². The van der Waals surface area contributed by atoms with E-state index in [-0.39, 0.29) is 5.91 Å². The fourth-order valence-electron chi connectivity index (χ4n) is 0.723. The van der Waals surface area contributed by atoms with E-state index in [0.29, 0.717) is 13.0 Å². The third kappa shape index (κ3) is 4.29. The Morgan fingerprint density at radius 3 is 2.60 bits per heavy atom. The first-order valence-electron chi connectivity index (χ1n) is 3.19. The molecular weight excluding hydrogens is 132 g/mol. The summed E-state index contributed by atoms with van der Waals surface area (Å²) in [6, 6.07) is 0. The maximum atomic E-state index is 10.4. The van der Waals surface area contributed by atoms with Gasteiger partial charge in [-0.3, -0.25) is 4.79 Å². The van der Waals surface area contributed by atoms with Gasteiger partial charge in [0.1, 0.15) is 5.72 Å². The molecule has 0 saturated heterocycles. The topological polar surface area (TPSA) is 75.3 Å². The van der Waals surface area contributed by atoms with Crippen molar-refractivity contribution >= 4 is 5.91 Å². The van der Waals surface area contributed by atoms with Crippen LogP contribution in [0.1, 0.15) is 20.3 Å². The molecule has 0 fully saturated rings. The van der Waals surface area contributed by atoms with Crippen molar-refractivity contribution in [3.8, 4) is 0 Å². The van der Waals surface area contributed by atoms with Gasteiger partial charge in [0.2, 0.25) is 5.91 Å². The first-order chi connectivity index (χ1) is 4.48. The quantitative estimate of drug-likeness (QED) is 0.455. The molecule has 1 unspecified atom stereocenters. The summed E-state index contributed by atoms with van der Waals surface area (Å²) in [5.74, 6) is -0.251. The van der Waals surface area contributed by atoms with Crippen molar-refractivity contribution in [2.45, 2.75) is 26.0 Å². The Labute approximate surface area is 60.4 Å². The number of rotatable bonds is 3. The van der Waals surface area contributed by atoms with Crippen LogP contribution in [0.15, 0.2) is 0 Å². The smallest absolute Gasteiger partial charge is 0.219 e. The summed E-state index contributed by atoms with van der Waals surface area (Å²) in [6.45, 7) is 3.22. The van der Waals surface area contributed by atoms with Gasteiger partial charge in [-0.15, -0.1) is 0 Å². The zero-order chi connectivity index (χ0) is 8.20. The van der Waals surface area contributed by atoms with E-state index >= 15 is 0 Å². The van der Waals surface area contributed by atoms with Crippen LogP contribution in [0.2, 0.25) is 0 Å². The molecule has 4 heteroatoms. The lowest BCUT2D eigenvalue weighted by Gasteiger charge is -2.22. The first-order valence-corrected chi connectivity index (χ1v) is 3.19. The van der Waals surface area contributed by atoms with Crippen LogP contribution in [0.4, 0.5) is 0 Å². The van der Waals surface area contributed by atoms with Crippen LogP contribution in [0.5, 0.6) is 0 Å². The summed E-state index contributed by atoms with van der Waals surface area (Å²) in [4.78, 5) is 10.4. The van der Waals surface area contributed by atoms with Crippen LogP contribution in [0.3, 0.4) is 0 Å². The van der Waals surface area contributed by atoms with Crippen LogP contribution >= 0.6 is 0 Å². The molecular formula is C6H14N2O2. The van der Waals surface area contributed by atoms with E-state index in [1.54, 1.807) is 0 Å². The number of nitrogens with two attached hydrogens (primary N) is 1. The molecule has 0 aromatic rings. The van der Waals surface area contributed by atoms with Crippen LogP contribution in [0.25, 0.3) is 0 Å². The molecule has 0 bridgehead atoms. The Hall–Kier alpha value is -0.610. The first kappa shape index (κ1) is 9.39.